The lowest BCUT2D eigenvalue weighted by Gasteiger charge is -2.20. The Hall–Kier alpha value is -0.920. The topological polar surface area (TPSA) is 51.5 Å². The van der Waals surface area contributed by atoms with Gasteiger partial charge in [0.1, 0.15) is 5.75 Å². The van der Waals surface area contributed by atoms with Gasteiger partial charge in [-0.05, 0) is 38.1 Å². The minimum absolute atomic E-state index is 0.438. The van der Waals surface area contributed by atoms with Gasteiger partial charge in [-0.15, -0.1) is 0 Å². The van der Waals surface area contributed by atoms with Crippen LogP contribution in [-0.4, -0.2) is 13.2 Å². The molecule has 0 spiro atoms. The van der Waals surface area contributed by atoms with Crippen LogP contribution in [0.2, 0.25) is 0 Å². The molecule has 0 heterocycles. The van der Waals surface area contributed by atoms with E-state index < -0.39 is 6.72 Å². The van der Waals surface area contributed by atoms with Crippen molar-refractivity contribution in [2.45, 2.75) is 13.8 Å². The zero-order valence-corrected chi connectivity index (χ0v) is 11.5. The van der Waals surface area contributed by atoms with Crippen molar-refractivity contribution in [3.63, 3.8) is 0 Å². The highest BCUT2D eigenvalue weighted by Gasteiger charge is 2.20. The van der Waals surface area contributed by atoms with E-state index in [1.807, 2.05) is 19.9 Å². The molecule has 6 heteroatoms. The van der Waals surface area contributed by atoms with Gasteiger partial charge in [0.2, 0.25) is 0 Å². The van der Waals surface area contributed by atoms with Gasteiger partial charge in [-0.25, -0.2) is 0 Å². The first kappa shape index (κ1) is 14.1. The van der Waals surface area contributed by atoms with Crippen molar-refractivity contribution >= 4 is 18.5 Å². The van der Waals surface area contributed by atoms with E-state index in [1.54, 1.807) is 24.3 Å². The van der Waals surface area contributed by atoms with E-state index >= 15 is 0 Å². The summed E-state index contributed by atoms with van der Waals surface area (Å²) < 4.78 is 16.2. The molecule has 1 aromatic carbocycles. The third-order valence-corrected chi connectivity index (χ3v) is 4.21. The van der Waals surface area contributed by atoms with Crippen LogP contribution in [0.25, 0.3) is 0 Å². The molecule has 92 valence electrons. The van der Waals surface area contributed by atoms with Crippen LogP contribution < -0.4 is 4.52 Å². The molecule has 0 radical (unpaired) electrons. The lowest BCUT2D eigenvalue weighted by atomic mass is 10.2. The second kappa shape index (κ2) is 6.73. The van der Waals surface area contributed by atoms with Gasteiger partial charge in [0.05, 0.1) is 24.8 Å². The maximum absolute atomic E-state index is 8.68. The molecule has 0 bridgehead atoms. The largest absolute Gasteiger partial charge is 0.424 e. The second-order valence-electron chi connectivity index (χ2n) is 3.01. The zero-order valence-electron chi connectivity index (χ0n) is 9.75. The molecule has 0 aromatic heterocycles. The molecule has 0 aliphatic rings. The average Bonchev–Trinajstić information content (AvgIpc) is 2.30. The van der Waals surface area contributed by atoms with E-state index in [2.05, 4.69) is 0 Å². The number of nitriles is 1. The quantitative estimate of drug-likeness (QED) is 0.743. The van der Waals surface area contributed by atoms with E-state index in [9.17, 15) is 0 Å². The maximum Gasteiger partial charge on any atom is 0.380 e. The molecular formula is C11H14NO3PS. The summed E-state index contributed by atoms with van der Waals surface area (Å²) in [6.07, 6.45) is 0. The molecule has 0 N–H and O–H groups in total. The minimum Gasteiger partial charge on any atom is -0.424 e. The molecule has 0 unspecified atom stereocenters. The third kappa shape index (κ3) is 4.45. The number of hydrogen-bond acceptors (Lipinski definition) is 5. The van der Waals surface area contributed by atoms with Crippen molar-refractivity contribution in [3.05, 3.63) is 29.8 Å². The van der Waals surface area contributed by atoms with Crippen molar-refractivity contribution in [2.24, 2.45) is 0 Å². The molecule has 0 fully saturated rings. The Morgan fingerprint density at radius 1 is 1.18 bits per heavy atom. The first-order chi connectivity index (χ1) is 8.13. The van der Waals surface area contributed by atoms with Crippen LogP contribution in [0.1, 0.15) is 19.4 Å². The van der Waals surface area contributed by atoms with Gasteiger partial charge < -0.3 is 4.52 Å². The van der Waals surface area contributed by atoms with Crippen LogP contribution >= 0.6 is 6.72 Å². The van der Waals surface area contributed by atoms with E-state index in [-0.39, 0.29) is 0 Å². The molecule has 0 aliphatic carbocycles. The smallest absolute Gasteiger partial charge is 0.380 e. The summed E-state index contributed by atoms with van der Waals surface area (Å²) in [4.78, 5) is 0. The Balaban J connectivity index is 2.79. The lowest BCUT2D eigenvalue weighted by Crippen LogP contribution is -2.01. The van der Waals surface area contributed by atoms with Gasteiger partial charge in [0, 0.05) is 11.8 Å². The van der Waals surface area contributed by atoms with Gasteiger partial charge in [-0.3, -0.25) is 9.05 Å². The van der Waals surface area contributed by atoms with Crippen LogP contribution in [0.4, 0.5) is 0 Å². The molecule has 17 heavy (non-hydrogen) atoms. The summed E-state index contributed by atoms with van der Waals surface area (Å²) in [5.41, 5.74) is 0.568. The van der Waals surface area contributed by atoms with E-state index in [0.717, 1.165) is 0 Å². The van der Waals surface area contributed by atoms with Gasteiger partial charge in [0.15, 0.2) is 0 Å². The zero-order chi connectivity index (χ0) is 12.7. The molecule has 0 amide bonds. The van der Waals surface area contributed by atoms with E-state index in [1.165, 1.54) is 0 Å². The summed E-state index contributed by atoms with van der Waals surface area (Å²) in [5.74, 6) is 0.550. The van der Waals surface area contributed by atoms with Crippen molar-refractivity contribution in [1.29, 1.82) is 5.26 Å². The number of nitrogens with zero attached hydrogens (tertiary/aromatic N) is 1. The normalized spacial score (nSPS) is 10.9. The van der Waals surface area contributed by atoms with Crippen LogP contribution in [0.3, 0.4) is 0 Å². The van der Waals surface area contributed by atoms with Crippen LogP contribution in [0, 0.1) is 11.3 Å². The number of rotatable bonds is 6. The Morgan fingerprint density at radius 3 is 2.12 bits per heavy atom. The molecule has 0 aliphatic heterocycles. The Morgan fingerprint density at radius 2 is 1.71 bits per heavy atom. The summed E-state index contributed by atoms with van der Waals surface area (Å²) in [7, 11) is 0. The Bertz CT molecular complexity index is 431. The number of hydrogen-bond donors (Lipinski definition) is 0. The van der Waals surface area contributed by atoms with E-state index in [4.69, 9.17) is 30.6 Å². The third-order valence-electron chi connectivity index (χ3n) is 1.78. The van der Waals surface area contributed by atoms with Crippen molar-refractivity contribution in [2.75, 3.05) is 13.2 Å². The summed E-state index contributed by atoms with van der Waals surface area (Å²) in [5, 5.41) is 8.68. The highest BCUT2D eigenvalue weighted by atomic mass is 32.5. The van der Waals surface area contributed by atoms with Crippen molar-refractivity contribution in [3.8, 4) is 11.8 Å². The molecule has 0 saturated carbocycles. The van der Waals surface area contributed by atoms with Crippen LogP contribution in [0.5, 0.6) is 5.75 Å². The first-order valence-electron chi connectivity index (χ1n) is 5.22. The van der Waals surface area contributed by atoms with Crippen molar-refractivity contribution in [1.82, 2.24) is 0 Å². The van der Waals surface area contributed by atoms with E-state index in [0.29, 0.717) is 24.5 Å². The monoisotopic (exact) mass is 271 g/mol. The van der Waals surface area contributed by atoms with Gasteiger partial charge in [0.25, 0.3) is 0 Å². The van der Waals surface area contributed by atoms with Gasteiger partial charge in [-0.1, -0.05) is 0 Å². The lowest BCUT2D eigenvalue weighted by molar-refractivity contribution is 0.218. The average molecular weight is 271 g/mol. The van der Waals surface area contributed by atoms with Gasteiger partial charge >= 0.3 is 6.72 Å². The fourth-order valence-electron chi connectivity index (χ4n) is 1.13. The maximum atomic E-state index is 8.68. The van der Waals surface area contributed by atoms with Crippen LogP contribution in [-0.2, 0) is 20.9 Å². The van der Waals surface area contributed by atoms with Crippen LogP contribution in [0.15, 0.2) is 24.3 Å². The molecule has 0 atom stereocenters. The molecule has 4 nitrogen and oxygen atoms in total. The second-order valence-corrected chi connectivity index (χ2v) is 5.95. The minimum atomic E-state index is -2.71. The number of benzene rings is 1. The fraction of sp³-hybridized carbons (Fsp3) is 0.364. The Kier molecular flexibility index (Phi) is 5.60. The summed E-state index contributed by atoms with van der Waals surface area (Å²) >= 11 is 5.22. The highest BCUT2D eigenvalue weighted by Crippen LogP contribution is 2.49. The van der Waals surface area contributed by atoms with Crippen molar-refractivity contribution < 1.29 is 13.6 Å². The molecule has 1 rings (SSSR count). The summed E-state index contributed by atoms with van der Waals surface area (Å²) in [6.45, 7) is 1.83. The fourth-order valence-corrected chi connectivity index (χ4v) is 3.21. The summed E-state index contributed by atoms with van der Waals surface area (Å²) in [6, 6.07) is 8.71. The molecule has 1 aromatic rings. The predicted molar refractivity (Wildman–Crippen MR) is 69.3 cm³/mol. The standard InChI is InChI=1S/C11H14NO3PS/c1-3-13-16(17,14-4-2)15-11-7-5-10(9-12)6-8-11/h5-8H,3-4H2,1-2H3. The first-order valence-corrected chi connectivity index (χ1v) is 7.78. The molecular weight excluding hydrogens is 257 g/mol. The Labute approximate surface area is 106 Å². The highest BCUT2D eigenvalue weighted by molar-refractivity contribution is 8.07. The van der Waals surface area contributed by atoms with Gasteiger partial charge in [-0.2, -0.15) is 5.26 Å². The predicted octanol–water partition coefficient (Wildman–Crippen LogP) is 3.23. The molecule has 0 saturated heterocycles. The SMILES string of the molecule is CCOP(=S)(OCC)Oc1ccc(C#N)cc1.